The molecule has 0 aliphatic carbocycles. The van der Waals surface area contributed by atoms with Crippen molar-refractivity contribution < 1.29 is 16.5 Å². The molecule has 20 heavy (non-hydrogen) atoms. The number of rotatable bonds is 10. The summed E-state index contributed by atoms with van der Waals surface area (Å²) in [4.78, 5) is 0. The second kappa shape index (κ2) is 8.50. The van der Waals surface area contributed by atoms with Crippen molar-refractivity contribution in [2.24, 2.45) is 5.73 Å². The average Bonchev–Trinajstić information content (AvgIpc) is 2.21. The largest absolute Gasteiger partial charge is 0.636 e. The molecule has 0 heterocycles. The van der Waals surface area contributed by atoms with Crippen LogP contribution in [0.4, 0.5) is 0 Å². The second-order valence-corrected chi connectivity index (χ2v) is 22.8. The number of hydrogen-bond donors (Lipinski definition) is 1. The zero-order valence-electron chi connectivity index (χ0n) is 14.4. The van der Waals surface area contributed by atoms with Crippen LogP contribution in [0.2, 0.25) is 51.9 Å². The molecule has 0 saturated heterocycles. The molecule has 0 bridgehead atoms. The fourth-order valence-electron chi connectivity index (χ4n) is 1.66. The van der Waals surface area contributed by atoms with Gasteiger partial charge in [0.15, 0.2) is 25.7 Å². The van der Waals surface area contributed by atoms with Crippen molar-refractivity contribution in [2.45, 2.75) is 58.3 Å². The monoisotopic (exact) mass is 371 g/mol. The van der Waals surface area contributed by atoms with Gasteiger partial charge >= 0.3 is 9.05 Å². The third-order valence-corrected chi connectivity index (χ3v) is 15.2. The SMILES string of the molecule is C[SiH](CCCN)O[Si](O[SiH3])(O[Si](C)(C)C)O[Si](C)(C)C. The van der Waals surface area contributed by atoms with Gasteiger partial charge in [-0.15, -0.1) is 0 Å². The highest BCUT2D eigenvalue weighted by molar-refractivity contribution is 6.86. The van der Waals surface area contributed by atoms with Gasteiger partial charge in [0.05, 0.1) is 0 Å². The van der Waals surface area contributed by atoms with Gasteiger partial charge in [-0.2, -0.15) is 0 Å². The molecule has 5 nitrogen and oxygen atoms in total. The van der Waals surface area contributed by atoms with E-state index in [1.807, 2.05) is 0 Å². The van der Waals surface area contributed by atoms with Gasteiger partial charge in [0, 0.05) is 0 Å². The van der Waals surface area contributed by atoms with Crippen LogP contribution >= 0.6 is 0 Å². The first-order valence-electron chi connectivity index (χ1n) is 7.26. The van der Waals surface area contributed by atoms with Crippen LogP contribution in [0.15, 0.2) is 0 Å². The van der Waals surface area contributed by atoms with Crippen LogP contribution in [-0.2, 0) is 16.5 Å². The Morgan fingerprint density at radius 3 is 1.75 bits per heavy atom. The molecule has 0 spiro atoms. The van der Waals surface area contributed by atoms with Crippen LogP contribution in [0.1, 0.15) is 6.42 Å². The molecule has 10 heteroatoms. The predicted octanol–water partition coefficient (Wildman–Crippen LogP) is 1.14. The lowest BCUT2D eigenvalue weighted by atomic mass is 10.5. The Kier molecular flexibility index (Phi) is 8.88. The van der Waals surface area contributed by atoms with Crippen LogP contribution in [0, 0.1) is 0 Å². The standard InChI is InChI=1S/C10H33NO4Si5/c1-17(10-8-9-11)13-20(12-16,14-18(2,3)4)15-19(5,6)7/h17H,8-11H2,1-7,16H3. The molecule has 122 valence electrons. The van der Waals surface area contributed by atoms with Crippen LogP contribution in [0.3, 0.4) is 0 Å². The van der Waals surface area contributed by atoms with Crippen LogP contribution < -0.4 is 5.73 Å². The van der Waals surface area contributed by atoms with Gasteiger partial charge in [0.1, 0.15) is 10.5 Å². The summed E-state index contributed by atoms with van der Waals surface area (Å²) in [6.07, 6.45) is 0.999. The lowest BCUT2D eigenvalue weighted by molar-refractivity contribution is 0.161. The maximum atomic E-state index is 6.30. The van der Waals surface area contributed by atoms with E-state index in [1.54, 1.807) is 0 Å². The summed E-state index contributed by atoms with van der Waals surface area (Å²) in [5, 5.41) is 0. The van der Waals surface area contributed by atoms with Crippen molar-refractivity contribution in [3.05, 3.63) is 0 Å². The Morgan fingerprint density at radius 1 is 1.00 bits per heavy atom. The average molecular weight is 372 g/mol. The molecule has 0 fully saturated rings. The van der Waals surface area contributed by atoms with Gasteiger partial charge in [0.2, 0.25) is 0 Å². The van der Waals surface area contributed by atoms with Gasteiger partial charge in [0.25, 0.3) is 0 Å². The van der Waals surface area contributed by atoms with E-state index < -0.39 is 34.7 Å². The lowest BCUT2D eigenvalue weighted by Gasteiger charge is -2.38. The van der Waals surface area contributed by atoms with Crippen molar-refractivity contribution in [1.29, 1.82) is 0 Å². The molecule has 0 aliphatic heterocycles. The Hall–Kier alpha value is 0.884. The van der Waals surface area contributed by atoms with Gasteiger partial charge in [-0.1, -0.05) is 0 Å². The summed E-state index contributed by atoms with van der Waals surface area (Å²) in [7, 11) is -7.31. The topological polar surface area (TPSA) is 62.9 Å². The first kappa shape index (κ1) is 20.9. The highest BCUT2D eigenvalue weighted by Crippen LogP contribution is 2.23. The fourth-order valence-corrected chi connectivity index (χ4v) is 16.1. The molecule has 0 amide bonds. The summed E-state index contributed by atoms with van der Waals surface area (Å²) < 4.78 is 24.7. The lowest BCUT2D eigenvalue weighted by Crippen LogP contribution is -2.60. The Labute approximate surface area is 132 Å². The molecular weight excluding hydrogens is 339 g/mol. The summed E-state index contributed by atoms with van der Waals surface area (Å²) in [6.45, 7) is 15.8. The third kappa shape index (κ3) is 9.75. The van der Waals surface area contributed by atoms with Gasteiger partial charge in [-0.3, -0.25) is 0 Å². The molecule has 1 unspecified atom stereocenters. The Bertz CT molecular complexity index is 266. The summed E-state index contributed by atoms with van der Waals surface area (Å²) in [5.74, 6) is 0. The van der Waals surface area contributed by atoms with Crippen molar-refractivity contribution in [2.75, 3.05) is 6.54 Å². The Balaban J connectivity index is 5.00. The minimum atomic E-state index is -2.95. The van der Waals surface area contributed by atoms with E-state index in [9.17, 15) is 0 Å². The number of nitrogens with two attached hydrogens (primary N) is 1. The highest BCUT2D eigenvalue weighted by Gasteiger charge is 2.50. The third-order valence-electron chi connectivity index (χ3n) is 2.27. The quantitative estimate of drug-likeness (QED) is 0.583. The van der Waals surface area contributed by atoms with Crippen molar-refractivity contribution in [1.82, 2.24) is 0 Å². The Morgan fingerprint density at radius 2 is 1.45 bits per heavy atom. The van der Waals surface area contributed by atoms with E-state index in [4.69, 9.17) is 22.2 Å². The van der Waals surface area contributed by atoms with E-state index in [1.165, 1.54) is 0 Å². The molecule has 0 aromatic rings. The van der Waals surface area contributed by atoms with Gasteiger partial charge in [-0.05, 0) is 64.8 Å². The van der Waals surface area contributed by atoms with E-state index in [0.717, 1.165) is 12.5 Å². The van der Waals surface area contributed by atoms with Crippen LogP contribution in [0.5, 0.6) is 0 Å². The minimum Gasteiger partial charge on any atom is -0.404 e. The molecule has 0 radical (unpaired) electrons. The van der Waals surface area contributed by atoms with E-state index in [2.05, 4.69) is 45.8 Å². The molecule has 0 aliphatic rings. The normalized spacial score (nSPS) is 15.6. The zero-order chi connectivity index (χ0) is 16.0. The van der Waals surface area contributed by atoms with Crippen molar-refractivity contribution >= 4 is 45.2 Å². The smallest absolute Gasteiger partial charge is 0.404 e. The van der Waals surface area contributed by atoms with Gasteiger partial charge in [-0.25, -0.2) is 0 Å². The van der Waals surface area contributed by atoms with E-state index >= 15 is 0 Å². The molecule has 0 saturated carbocycles. The molecule has 2 N–H and O–H groups in total. The zero-order valence-corrected chi connectivity index (χ0v) is 20.6. The first-order valence-corrected chi connectivity index (χ1v) is 19.0. The van der Waals surface area contributed by atoms with E-state index in [0.29, 0.717) is 17.0 Å². The van der Waals surface area contributed by atoms with E-state index in [-0.39, 0.29) is 0 Å². The molecular formula is C10H33NO4Si5. The number of hydrogen-bond acceptors (Lipinski definition) is 5. The van der Waals surface area contributed by atoms with Crippen LogP contribution in [-0.4, -0.2) is 51.8 Å². The molecule has 1 atom stereocenters. The maximum Gasteiger partial charge on any atom is 0.636 e. The predicted molar refractivity (Wildman–Crippen MR) is 98.2 cm³/mol. The van der Waals surface area contributed by atoms with Crippen molar-refractivity contribution in [3.63, 3.8) is 0 Å². The molecule has 0 aromatic carbocycles. The minimum absolute atomic E-state index is 0.572. The van der Waals surface area contributed by atoms with Crippen molar-refractivity contribution in [3.8, 4) is 0 Å². The first-order chi connectivity index (χ1) is 8.93. The maximum absolute atomic E-state index is 6.30. The van der Waals surface area contributed by atoms with Gasteiger partial charge < -0.3 is 22.2 Å². The molecule has 0 aromatic heterocycles. The second-order valence-electron chi connectivity index (χ2n) is 6.99. The summed E-state index contributed by atoms with van der Waals surface area (Å²) in [5.41, 5.74) is 5.58. The summed E-state index contributed by atoms with van der Waals surface area (Å²) in [6, 6.07) is 1.04. The fraction of sp³-hybridized carbons (Fsp3) is 1.00. The van der Waals surface area contributed by atoms with Crippen LogP contribution in [0.25, 0.3) is 0 Å². The highest BCUT2D eigenvalue weighted by atomic mass is 28.5. The summed E-state index contributed by atoms with van der Waals surface area (Å²) >= 11 is 0. The molecule has 0 rings (SSSR count).